The molecule has 0 aromatic carbocycles. The summed E-state index contributed by atoms with van der Waals surface area (Å²) in [5.41, 5.74) is 0. The maximum atomic E-state index is 11.4. The number of hydrogen-bond donors (Lipinski definition) is 0. The Hall–Kier alpha value is -0.920. The summed E-state index contributed by atoms with van der Waals surface area (Å²) in [7, 11) is 0. The second kappa shape index (κ2) is 1.87. The fraction of sp³-hybridized carbons (Fsp3) is 0.600. The second-order valence-corrected chi connectivity index (χ2v) is 4.11. The first-order valence-electron chi connectivity index (χ1n) is 4.51. The number of Topliss-reactive ketones (excluding diaryl/α,β-unsaturated/α-hetero) is 2. The summed E-state index contributed by atoms with van der Waals surface area (Å²) in [5, 5.41) is 0. The molecule has 0 aromatic heterocycles. The van der Waals surface area contributed by atoms with Crippen molar-refractivity contribution in [3.8, 4) is 0 Å². The second-order valence-electron chi connectivity index (χ2n) is 4.11. The standard InChI is InChI=1S/C10H10O2/c11-7-4-8(12)10-6-2-1-5(3-6)9(7)10/h1-2,5-6,9-10H,3-4H2/t5-,6-,9+,10+/m0/s1. The lowest BCUT2D eigenvalue weighted by atomic mass is 9.85. The van der Waals surface area contributed by atoms with Crippen LogP contribution in [0.25, 0.3) is 0 Å². The molecule has 3 aliphatic rings. The van der Waals surface area contributed by atoms with E-state index in [0.717, 1.165) is 6.42 Å². The molecular weight excluding hydrogens is 152 g/mol. The van der Waals surface area contributed by atoms with E-state index in [4.69, 9.17) is 0 Å². The Morgan fingerprint density at radius 2 is 1.50 bits per heavy atom. The van der Waals surface area contributed by atoms with Gasteiger partial charge in [0.25, 0.3) is 0 Å². The molecule has 2 saturated carbocycles. The zero-order chi connectivity index (χ0) is 8.29. The Balaban J connectivity index is 2.08. The number of ketones is 2. The summed E-state index contributed by atoms with van der Waals surface area (Å²) in [6.07, 6.45) is 5.52. The minimum atomic E-state index is 0.0764. The molecule has 0 radical (unpaired) electrons. The molecular formula is C10H10O2. The Bertz CT molecular complexity index is 275. The smallest absolute Gasteiger partial charge is 0.144 e. The topological polar surface area (TPSA) is 34.1 Å². The number of carbonyl (C=O) groups is 2. The Kier molecular flexibility index (Phi) is 1.03. The zero-order valence-electron chi connectivity index (χ0n) is 6.69. The number of fused-ring (bicyclic) bond motifs is 5. The van der Waals surface area contributed by atoms with Gasteiger partial charge in [-0.15, -0.1) is 0 Å². The minimum Gasteiger partial charge on any atom is -0.299 e. The average Bonchev–Trinajstić information content (AvgIpc) is 2.64. The van der Waals surface area contributed by atoms with E-state index in [9.17, 15) is 9.59 Å². The van der Waals surface area contributed by atoms with Gasteiger partial charge in [-0.3, -0.25) is 9.59 Å². The van der Waals surface area contributed by atoms with Crippen LogP contribution in [0.15, 0.2) is 12.2 Å². The van der Waals surface area contributed by atoms with Crippen LogP contribution in [-0.4, -0.2) is 11.6 Å². The monoisotopic (exact) mass is 162 g/mol. The van der Waals surface area contributed by atoms with E-state index < -0.39 is 0 Å². The van der Waals surface area contributed by atoms with Crippen molar-refractivity contribution in [2.45, 2.75) is 12.8 Å². The van der Waals surface area contributed by atoms with Crippen LogP contribution in [0.1, 0.15) is 12.8 Å². The van der Waals surface area contributed by atoms with Crippen LogP contribution in [0, 0.1) is 23.7 Å². The molecule has 0 aromatic rings. The van der Waals surface area contributed by atoms with Crippen LogP contribution >= 0.6 is 0 Å². The predicted molar refractivity (Wildman–Crippen MR) is 42.3 cm³/mol. The maximum absolute atomic E-state index is 11.4. The minimum absolute atomic E-state index is 0.0764. The third-order valence-corrected chi connectivity index (χ3v) is 3.55. The van der Waals surface area contributed by atoms with Gasteiger partial charge < -0.3 is 0 Å². The Morgan fingerprint density at radius 1 is 1.00 bits per heavy atom. The van der Waals surface area contributed by atoms with E-state index in [1.807, 2.05) is 0 Å². The first kappa shape index (κ1) is 6.58. The summed E-state index contributed by atoms with van der Waals surface area (Å²) in [6, 6.07) is 0. The normalized spacial score (nSPS) is 49.0. The van der Waals surface area contributed by atoms with Crippen LogP contribution < -0.4 is 0 Å². The molecule has 0 heterocycles. The molecule has 0 amide bonds. The third kappa shape index (κ3) is 0.576. The van der Waals surface area contributed by atoms with Crippen molar-refractivity contribution in [3.63, 3.8) is 0 Å². The molecule has 4 atom stereocenters. The van der Waals surface area contributed by atoms with E-state index in [2.05, 4.69) is 12.2 Å². The van der Waals surface area contributed by atoms with Gasteiger partial charge in [0.15, 0.2) is 0 Å². The van der Waals surface area contributed by atoms with Gasteiger partial charge in [-0.2, -0.15) is 0 Å². The molecule has 62 valence electrons. The number of hydrogen-bond acceptors (Lipinski definition) is 2. The van der Waals surface area contributed by atoms with Crippen molar-refractivity contribution >= 4 is 11.6 Å². The molecule has 0 unspecified atom stereocenters. The van der Waals surface area contributed by atoms with E-state index in [0.29, 0.717) is 11.8 Å². The van der Waals surface area contributed by atoms with Gasteiger partial charge in [-0.1, -0.05) is 12.2 Å². The first-order valence-corrected chi connectivity index (χ1v) is 4.51. The van der Waals surface area contributed by atoms with Crippen molar-refractivity contribution < 1.29 is 9.59 Å². The lowest BCUT2D eigenvalue weighted by Gasteiger charge is -2.16. The van der Waals surface area contributed by atoms with Gasteiger partial charge >= 0.3 is 0 Å². The van der Waals surface area contributed by atoms with Crippen molar-refractivity contribution in [2.75, 3.05) is 0 Å². The van der Waals surface area contributed by atoms with Crippen molar-refractivity contribution in [3.05, 3.63) is 12.2 Å². The van der Waals surface area contributed by atoms with E-state index in [1.54, 1.807) is 0 Å². The van der Waals surface area contributed by atoms with Crippen LogP contribution in [0.4, 0.5) is 0 Å². The SMILES string of the molecule is O=C1CC(=O)[C@@H]2[C@@H]1[C@H]1C=C[C@H]2C1. The van der Waals surface area contributed by atoms with Crippen LogP contribution in [0.3, 0.4) is 0 Å². The highest BCUT2D eigenvalue weighted by atomic mass is 16.2. The fourth-order valence-electron chi connectivity index (χ4n) is 3.11. The lowest BCUT2D eigenvalue weighted by Crippen LogP contribution is -2.21. The molecule has 2 fully saturated rings. The lowest BCUT2D eigenvalue weighted by molar-refractivity contribution is -0.123. The summed E-state index contributed by atoms with van der Waals surface area (Å²) >= 11 is 0. The molecule has 2 bridgehead atoms. The molecule has 0 aliphatic heterocycles. The van der Waals surface area contributed by atoms with Crippen LogP contribution in [0.2, 0.25) is 0 Å². The van der Waals surface area contributed by atoms with Gasteiger partial charge in [-0.25, -0.2) is 0 Å². The quantitative estimate of drug-likeness (QED) is 0.393. The van der Waals surface area contributed by atoms with Crippen LogP contribution in [-0.2, 0) is 9.59 Å². The van der Waals surface area contributed by atoms with E-state index in [-0.39, 0.29) is 29.8 Å². The molecule has 0 N–H and O–H groups in total. The molecule has 0 saturated heterocycles. The van der Waals surface area contributed by atoms with Gasteiger partial charge in [0.05, 0.1) is 6.42 Å². The highest BCUT2D eigenvalue weighted by Gasteiger charge is 2.55. The summed E-state index contributed by atoms with van der Waals surface area (Å²) < 4.78 is 0. The van der Waals surface area contributed by atoms with Gasteiger partial charge in [0.2, 0.25) is 0 Å². The molecule has 12 heavy (non-hydrogen) atoms. The zero-order valence-corrected chi connectivity index (χ0v) is 6.69. The van der Waals surface area contributed by atoms with Crippen molar-refractivity contribution in [1.82, 2.24) is 0 Å². The number of carbonyl (C=O) groups excluding carboxylic acids is 2. The van der Waals surface area contributed by atoms with Crippen molar-refractivity contribution in [2.24, 2.45) is 23.7 Å². The summed E-state index contributed by atoms with van der Waals surface area (Å²) in [6.45, 7) is 0. The molecule has 2 nitrogen and oxygen atoms in total. The highest BCUT2D eigenvalue weighted by Crippen LogP contribution is 2.52. The van der Waals surface area contributed by atoms with Crippen molar-refractivity contribution in [1.29, 1.82) is 0 Å². The van der Waals surface area contributed by atoms with E-state index in [1.165, 1.54) is 0 Å². The molecule has 0 spiro atoms. The predicted octanol–water partition coefficient (Wildman–Crippen LogP) is 0.967. The Morgan fingerprint density at radius 3 is 2.00 bits per heavy atom. The van der Waals surface area contributed by atoms with E-state index >= 15 is 0 Å². The average molecular weight is 162 g/mol. The number of allylic oxidation sites excluding steroid dienone is 2. The molecule has 2 heteroatoms. The maximum Gasteiger partial charge on any atom is 0.144 e. The summed E-state index contributed by atoms with van der Waals surface area (Å²) in [4.78, 5) is 22.8. The van der Waals surface area contributed by atoms with Crippen LogP contribution in [0.5, 0.6) is 0 Å². The molecule has 3 aliphatic carbocycles. The van der Waals surface area contributed by atoms with Gasteiger partial charge in [0.1, 0.15) is 11.6 Å². The first-order chi connectivity index (χ1) is 5.77. The molecule has 3 rings (SSSR count). The fourth-order valence-corrected chi connectivity index (χ4v) is 3.11. The Labute approximate surface area is 70.6 Å². The largest absolute Gasteiger partial charge is 0.299 e. The number of rotatable bonds is 0. The summed E-state index contributed by atoms with van der Waals surface area (Å²) in [5.74, 6) is 1.35. The van der Waals surface area contributed by atoms with Gasteiger partial charge in [-0.05, 0) is 18.3 Å². The van der Waals surface area contributed by atoms with Gasteiger partial charge in [0, 0.05) is 11.8 Å². The highest BCUT2D eigenvalue weighted by molar-refractivity contribution is 6.09. The third-order valence-electron chi connectivity index (χ3n) is 3.55.